The Kier molecular flexibility index (Phi) is 2.88. The van der Waals surface area contributed by atoms with E-state index in [-0.39, 0.29) is 11.8 Å². The number of rotatable bonds is 2. The lowest BCUT2D eigenvalue weighted by molar-refractivity contribution is 0.474. The van der Waals surface area contributed by atoms with Crippen LogP contribution in [0.1, 0.15) is 18.1 Å². The van der Waals surface area contributed by atoms with Crippen molar-refractivity contribution in [3.05, 3.63) is 29.3 Å². The molecular formula is C10H12N2O. The van der Waals surface area contributed by atoms with Crippen LogP contribution in [0.5, 0.6) is 5.75 Å². The van der Waals surface area contributed by atoms with Gasteiger partial charge in [-0.05, 0) is 31.0 Å². The van der Waals surface area contributed by atoms with Gasteiger partial charge < -0.3 is 10.8 Å². The van der Waals surface area contributed by atoms with E-state index < -0.39 is 0 Å². The summed E-state index contributed by atoms with van der Waals surface area (Å²) in [6.07, 6.45) is 0.656. The minimum atomic E-state index is 0.0247. The van der Waals surface area contributed by atoms with Crippen LogP contribution in [0.3, 0.4) is 0 Å². The summed E-state index contributed by atoms with van der Waals surface area (Å²) in [7, 11) is 0. The highest BCUT2D eigenvalue weighted by atomic mass is 16.3. The Balaban J connectivity index is 3.01. The van der Waals surface area contributed by atoms with Gasteiger partial charge in [-0.2, -0.15) is 5.26 Å². The van der Waals surface area contributed by atoms with Gasteiger partial charge in [-0.15, -0.1) is 0 Å². The Morgan fingerprint density at radius 2 is 2.31 bits per heavy atom. The molecule has 0 aliphatic rings. The molecule has 3 N–H and O–H groups in total. The number of nitrogens with zero attached hydrogens (tertiary/aromatic N) is 1. The number of phenols is 1. The Hall–Kier alpha value is -1.53. The van der Waals surface area contributed by atoms with Crippen molar-refractivity contribution < 1.29 is 5.11 Å². The van der Waals surface area contributed by atoms with E-state index >= 15 is 0 Å². The Labute approximate surface area is 77.4 Å². The Bertz CT molecular complexity index is 339. The van der Waals surface area contributed by atoms with Crippen molar-refractivity contribution in [2.45, 2.75) is 19.4 Å². The van der Waals surface area contributed by atoms with E-state index in [1.807, 2.05) is 13.0 Å². The molecular weight excluding hydrogens is 164 g/mol. The summed E-state index contributed by atoms with van der Waals surface area (Å²) in [5.74, 6) is 0.116. The summed E-state index contributed by atoms with van der Waals surface area (Å²) in [6.45, 7) is 1.88. The lowest BCUT2D eigenvalue weighted by atomic mass is 10.0. The molecule has 68 valence electrons. The van der Waals surface area contributed by atoms with Crippen LogP contribution < -0.4 is 5.73 Å². The fraction of sp³-hybridized carbons (Fsp3) is 0.300. The lowest BCUT2D eigenvalue weighted by Gasteiger charge is -2.06. The molecule has 0 heterocycles. The number of phenolic OH excluding ortho intramolecular Hbond substituents is 1. The molecule has 13 heavy (non-hydrogen) atoms. The first-order valence-corrected chi connectivity index (χ1v) is 4.11. The van der Waals surface area contributed by atoms with Crippen LogP contribution in [0.25, 0.3) is 0 Å². The molecule has 3 nitrogen and oxygen atoms in total. The van der Waals surface area contributed by atoms with Gasteiger partial charge >= 0.3 is 0 Å². The van der Waals surface area contributed by atoms with E-state index in [1.165, 1.54) is 6.07 Å². The van der Waals surface area contributed by atoms with Gasteiger partial charge in [0, 0.05) is 6.04 Å². The van der Waals surface area contributed by atoms with Gasteiger partial charge in [-0.3, -0.25) is 0 Å². The number of aromatic hydroxyl groups is 1. The number of nitrogens with two attached hydrogens (primary N) is 1. The molecule has 0 aliphatic carbocycles. The highest BCUT2D eigenvalue weighted by Crippen LogP contribution is 2.16. The largest absolute Gasteiger partial charge is 0.508 e. The van der Waals surface area contributed by atoms with E-state index in [1.54, 1.807) is 12.1 Å². The molecule has 0 aromatic heterocycles. The summed E-state index contributed by atoms with van der Waals surface area (Å²) < 4.78 is 0. The summed E-state index contributed by atoms with van der Waals surface area (Å²) in [4.78, 5) is 0. The maximum Gasteiger partial charge on any atom is 0.116 e. The molecule has 0 amide bonds. The second kappa shape index (κ2) is 3.92. The van der Waals surface area contributed by atoms with E-state index in [2.05, 4.69) is 0 Å². The average molecular weight is 176 g/mol. The first-order valence-electron chi connectivity index (χ1n) is 4.11. The third kappa shape index (κ3) is 2.46. The van der Waals surface area contributed by atoms with E-state index in [0.717, 1.165) is 5.56 Å². The highest BCUT2D eigenvalue weighted by molar-refractivity contribution is 5.43. The van der Waals surface area contributed by atoms with Gasteiger partial charge in [0.1, 0.15) is 5.75 Å². The van der Waals surface area contributed by atoms with Crippen molar-refractivity contribution >= 4 is 0 Å². The van der Waals surface area contributed by atoms with E-state index in [0.29, 0.717) is 12.0 Å². The van der Waals surface area contributed by atoms with Gasteiger partial charge in [0.25, 0.3) is 0 Å². The van der Waals surface area contributed by atoms with Crippen LogP contribution in [-0.2, 0) is 6.42 Å². The smallest absolute Gasteiger partial charge is 0.116 e. The molecule has 1 aromatic rings. The summed E-state index contributed by atoms with van der Waals surface area (Å²) >= 11 is 0. The second-order valence-electron chi connectivity index (χ2n) is 3.13. The lowest BCUT2D eigenvalue weighted by Crippen LogP contribution is -2.18. The molecule has 1 rings (SSSR count). The standard InChI is InChI=1S/C10H12N2O/c1-7(12)4-8-2-3-10(13)5-9(8)6-11/h2-3,5,7,13H,4,12H2,1H3. The van der Waals surface area contributed by atoms with Crippen LogP contribution in [0.15, 0.2) is 18.2 Å². The number of benzene rings is 1. The summed E-state index contributed by atoms with van der Waals surface area (Å²) in [6, 6.07) is 6.81. The zero-order valence-corrected chi connectivity index (χ0v) is 7.49. The average Bonchev–Trinajstić information content (AvgIpc) is 2.07. The van der Waals surface area contributed by atoms with E-state index in [9.17, 15) is 0 Å². The van der Waals surface area contributed by atoms with Crippen LogP contribution in [-0.4, -0.2) is 11.1 Å². The molecule has 0 saturated carbocycles. The van der Waals surface area contributed by atoms with Crippen molar-refractivity contribution in [3.63, 3.8) is 0 Å². The van der Waals surface area contributed by atoms with Crippen molar-refractivity contribution in [1.29, 1.82) is 5.26 Å². The monoisotopic (exact) mass is 176 g/mol. The van der Waals surface area contributed by atoms with Crippen LogP contribution in [0.2, 0.25) is 0 Å². The van der Waals surface area contributed by atoms with E-state index in [4.69, 9.17) is 16.1 Å². The second-order valence-corrected chi connectivity index (χ2v) is 3.13. The molecule has 1 unspecified atom stereocenters. The first-order chi connectivity index (χ1) is 6.13. The van der Waals surface area contributed by atoms with Crippen molar-refractivity contribution in [2.24, 2.45) is 5.73 Å². The maximum absolute atomic E-state index is 9.12. The van der Waals surface area contributed by atoms with Crippen molar-refractivity contribution in [1.82, 2.24) is 0 Å². The van der Waals surface area contributed by atoms with Gasteiger partial charge in [0.2, 0.25) is 0 Å². The summed E-state index contributed by atoms with van der Waals surface area (Å²) in [5, 5.41) is 17.9. The fourth-order valence-corrected chi connectivity index (χ4v) is 1.19. The highest BCUT2D eigenvalue weighted by Gasteiger charge is 2.04. The quantitative estimate of drug-likeness (QED) is 0.710. The van der Waals surface area contributed by atoms with Gasteiger partial charge in [0.15, 0.2) is 0 Å². The molecule has 0 bridgehead atoms. The van der Waals surface area contributed by atoms with Crippen LogP contribution >= 0.6 is 0 Å². The molecule has 1 aromatic carbocycles. The maximum atomic E-state index is 9.12. The SMILES string of the molecule is CC(N)Cc1ccc(O)cc1C#N. The predicted octanol–water partition coefficient (Wildman–Crippen LogP) is 1.15. The Morgan fingerprint density at radius 1 is 1.62 bits per heavy atom. The number of hydrogen-bond donors (Lipinski definition) is 2. The normalized spacial score (nSPS) is 12.1. The van der Waals surface area contributed by atoms with Crippen LogP contribution in [0, 0.1) is 11.3 Å². The van der Waals surface area contributed by atoms with Crippen LogP contribution in [0.4, 0.5) is 0 Å². The molecule has 0 aliphatic heterocycles. The molecule has 1 atom stereocenters. The molecule has 3 heteroatoms. The number of nitriles is 1. The van der Waals surface area contributed by atoms with Gasteiger partial charge in [-0.25, -0.2) is 0 Å². The first kappa shape index (κ1) is 9.56. The number of hydrogen-bond acceptors (Lipinski definition) is 3. The van der Waals surface area contributed by atoms with Crippen molar-refractivity contribution in [2.75, 3.05) is 0 Å². The third-order valence-corrected chi connectivity index (χ3v) is 1.76. The topological polar surface area (TPSA) is 70.0 Å². The van der Waals surface area contributed by atoms with Gasteiger partial charge in [-0.1, -0.05) is 6.07 Å². The zero-order valence-electron chi connectivity index (χ0n) is 7.49. The fourth-order valence-electron chi connectivity index (χ4n) is 1.19. The minimum Gasteiger partial charge on any atom is -0.508 e. The molecule has 0 fully saturated rings. The van der Waals surface area contributed by atoms with Crippen molar-refractivity contribution in [3.8, 4) is 11.8 Å². The van der Waals surface area contributed by atoms with Gasteiger partial charge in [0.05, 0.1) is 11.6 Å². The minimum absolute atomic E-state index is 0.0247. The predicted molar refractivity (Wildman–Crippen MR) is 50.2 cm³/mol. The molecule has 0 radical (unpaired) electrons. The third-order valence-electron chi connectivity index (χ3n) is 1.76. The summed E-state index contributed by atoms with van der Waals surface area (Å²) in [5.41, 5.74) is 7.00. The molecule has 0 spiro atoms. The zero-order chi connectivity index (χ0) is 9.84. The molecule has 0 saturated heterocycles. The Morgan fingerprint density at radius 3 is 2.85 bits per heavy atom.